The smallest absolute Gasteiger partial charge is 0.244 e. The molecule has 0 fully saturated rings. The third-order valence-electron chi connectivity index (χ3n) is 3.17. The van der Waals surface area contributed by atoms with Crippen LogP contribution >= 0.6 is 0 Å². The third kappa shape index (κ3) is 3.68. The van der Waals surface area contributed by atoms with E-state index in [4.69, 9.17) is 10.5 Å². The topological polar surface area (TPSA) is 81.4 Å². The maximum Gasteiger partial charge on any atom is 0.244 e. The molecule has 0 amide bonds. The first kappa shape index (κ1) is 15.9. The van der Waals surface area contributed by atoms with Gasteiger partial charge in [-0.15, -0.1) is 0 Å². The van der Waals surface area contributed by atoms with E-state index in [1.54, 1.807) is 12.1 Å². The third-order valence-corrected chi connectivity index (χ3v) is 4.71. The highest BCUT2D eigenvalue weighted by atomic mass is 32.2. The van der Waals surface area contributed by atoms with Crippen molar-refractivity contribution in [3.63, 3.8) is 0 Å². The Balaban J connectivity index is 3.24. The van der Waals surface area contributed by atoms with E-state index >= 15 is 0 Å². The zero-order chi connectivity index (χ0) is 14.6. The lowest BCUT2D eigenvalue weighted by Gasteiger charge is -2.17. The van der Waals surface area contributed by atoms with E-state index in [1.807, 2.05) is 20.8 Å². The summed E-state index contributed by atoms with van der Waals surface area (Å²) in [7, 11) is -2.16. The standard InChI is InChI=1S/C13H22N2O3S/c1-5-11(8-14)15-19(16,17)13-7-10(3)9(2)6-12(13)18-4/h6-7,11,15H,5,8,14H2,1-4H3. The van der Waals surface area contributed by atoms with Gasteiger partial charge in [-0.1, -0.05) is 6.92 Å². The zero-order valence-corrected chi connectivity index (χ0v) is 12.7. The van der Waals surface area contributed by atoms with E-state index in [9.17, 15) is 8.42 Å². The lowest BCUT2D eigenvalue weighted by atomic mass is 10.1. The zero-order valence-electron chi connectivity index (χ0n) is 11.9. The Labute approximate surface area is 115 Å². The van der Waals surface area contributed by atoms with Crippen LogP contribution in [0, 0.1) is 13.8 Å². The normalized spacial score (nSPS) is 13.3. The van der Waals surface area contributed by atoms with E-state index in [-0.39, 0.29) is 17.5 Å². The van der Waals surface area contributed by atoms with Gasteiger partial charge in [-0.3, -0.25) is 0 Å². The first-order valence-corrected chi connectivity index (χ1v) is 7.71. The molecule has 0 heterocycles. The molecule has 0 aliphatic carbocycles. The summed E-state index contributed by atoms with van der Waals surface area (Å²) in [6.45, 7) is 5.94. The minimum atomic E-state index is -3.62. The second-order valence-electron chi connectivity index (χ2n) is 4.55. The SMILES string of the molecule is CCC(CN)NS(=O)(=O)c1cc(C)c(C)cc1OC. The quantitative estimate of drug-likeness (QED) is 0.826. The average Bonchev–Trinajstić information content (AvgIpc) is 2.38. The molecule has 5 nitrogen and oxygen atoms in total. The number of sulfonamides is 1. The fraction of sp³-hybridized carbons (Fsp3) is 0.538. The summed E-state index contributed by atoms with van der Waals surface area (Å²) >= 11 is 0. The molecule has 19 heavy (non-hydrogen) atoms. The highest BCUT2D eigenvalue weighted by Gasteiger charge is 2.23. The van der Waals surface area contributed by atoms with Crippen LogP contribution in [0.1, 0.15) is 24.5 Å². The van der Waals surface area contributed by atoms with Crippen molar-refractivity contribution in [1.29, 1.82) is 0 Å². The minimum Gasteiger partial charge on any atom is -0.495 e. The average molecular weight is 286 g/mol. The first-order valence-electron chi connectivity index (χ1n) is 6.23. The van der Waals surface area contributed by atoms with Gasteiger partial charge in [0.2, 0.25) is 10.0 Å². The molecule has 0 spiro atoms. The van der Waals surface area contributed by atoms with Crippen LogP contribution in [0.4, 0.5) is 0 Å². The maximum atomic E-state index is 12.4. The van der Waals surface area contributed by atoms with Gasteiger partial charge in [0.05, 0.1) is 7.11 Å². The van der Waals surface area contributed by atoms with Crippen LogP contribution < -0.4 is 15.2 Å². The summed E-state index contributed by atoms with van der Waals surface area (Å²) in [5, 5.41) is 0. The van der Waals surface area contributed by atoms with Crippen molar-refractivity contribution in [2.75, 3.05) is 13.7 Å². The van der Waals surface area contributed by atoms with Gasteiger partial charge in [-0.2, -0.15) is 0 Å². The molecule has 0 saturated carbocycles. The van der Waals surface area contributed by atoms with Crippen molar-refractivity contribution in [2.45, 2.75) is 38.1 Å². The molecule has 3 N–H and O–H groups in total. The van der Waals surface area contributed by atoms with E-state index in [2.05, 4.69) is 4.72 Å². The fourth-order valence-electron chi connectivity index (χ4n) is 1.71. The van der Waals surface area contributed by atoms with Crippen LogP contribution in [0.15, 0.2) is 17.0 Å². The largest absolute Gasteiger partial charge is 0.495 e. The molecule has 1 aromatic rings. The molecule has 0 aromatic heterocycles. The van der Waals surface area contributed by atoms with Gasteiger partial charge in [0, 0.05) is 12.6 Å². The Morgan fingerprint density at radius 2 is 1.89 bits per heavy atom. The van der Waals surface area contributed by atoms with Crippen molar-refractivity contribution < 1.29 is 13.2 Å². The molecule has 0 radical (unpaired) electrons. The van der Waals surface area contributed by atoms with E-state index in [1.165, 1.54) is 7.11 Å². The Bertz CT molecular complexity index is 537. The van der Waals surface area contributed by atoms with Gasteiger partial charge < -0.3 is 10.5 Å². The van der Waals surface area contributed by atoms with Gasteiger partial charge in [0.25, 0.3) is 0 Å². The number of nitrogens with two attached hydrogens (primary N) is 1. The lowest BCUT2D eigenvalue weighted by molar-refractivity contribution is 0.401. The van der Waals surface area contributed by atoms with Crippen LogP contribution in [-0.4, -0.2) is 28.1 Å². The molecule has 108 valence electrons. The molecule has 0 aliphatic rings. The number of benzene rings is 1. The summed E-state index contributed by atoms with van der Waals surface area (Å²) in [6, 6.07) is 3.09. The second-order valence-corrected chi connectivity index (χ2v) is 6.23. The Hall–Kier alpha value is -1.11. The summed E-state index contributed by atoms with van der Waals surface area (Å²) in [5.41, 5.74) is 7.43. The highest BCUT2D eigenvalue weighted by Crippen LogP contribution is 2.27. The Morgan fingerprint density at radius 1 is 1.32 bits per heavy atom. The predicted octanol–water partition coefficient (Wildman–Crippen LogP) is 1.33. The van der Waals surface area contributed by atoms with E-state index in [0.29, 0.717) is 12.2 Å². The Morgan fingerprint density at radius 3 is 2.37 bits per heavy atom. The van der Waals surface area contributed by atoms with Gasteiger partial charge in [-0.25, -0.2) is 13.1 Å². The van der Waals surface area contributed by atoms with Crippen molar-refractivity contribution in [3.05, 3.63) is 23.3 Å². The number of methoxy groups -OCH3 is 1. The lowest BCUT2D eigenvalue weighted by Crippen LogP contribution is -2.39. The minimum absolute atomic E-state index is 0.157. The summed E-state index contributed by atoms with van der Waals surface area (Å²) < 4.78 is 32.5. The maximum absolute atomic E-state index is 12.4. The molecule has 0 aliphatic heterocycles. The predicted molar refractivity (Wildman–Crippen MR) is 75.9 cm³/mol. The molecule has 1 rings (SSSR count). The van der Waals surface area contributed by atoms with Crippen LogP contribution in [0.3, 0.4) is 0 Å². The molecular weight excluding hydrogens is 264 g/mol. The van der Waals surface area contributed by atoms with Crippen molar-refractivity contribution in [1.82, 2.24) is 4.72 Å². The number of aryl methyl sites for hydroxylation is 2. The molecule has 1 atom stereocenters. The monoisotopic (exact) mass is 286 g/mol. The van der Waals surface area contributed by atoms with Gasteiger partial charge in [0.1, 0.15) is 10.6 Å². The summed E-state index contributed by atoms with van der Waals surface area (Å²) in [6.07, 6.45) is 0.642. The Kier molecular flexibility index (Phi) is 5.34. The summed E-state index contributed by atoms with van der Waals surface area (Å²) in [5.74, 6) is 0.350. The van der Waals surface area contributed by atoms with Gasteiger partial charge >= 0.3 is 0 Å². The highest BCUT2D eigenvalue weighted by molar-refractivity contribution is 7.89. The van der Waals surface area contributed by atoms with E-state index < -0.39 is 10.0 Å². The van der Waals surface area contributed by atoms with Crippen LogP contribution in [0.2, 0.25) is 0 Å². The number of rotatable bonds is 6. The molecule has 6 heteroatoms. The van der Waals surface area contributed by atoms with Crippen molar-refractivity contribution >= 4 is 10.0 Å². The number of nitrogens with one attached hydrogen (secondary N) is 1. The van der Waals surface area contributed by atoms with Crippen molar-refractivity contribution in [2.24, 2.45) is 5.73 Å². The molecule has 1 aromatic carbocycles. The fourth-order valence-corrected chi connectivity index (χ4v) is 3.28. The number of ether oxygens (including phenoxy) is 1. The van der Waals surface area contributed by atoms with E-state index in [0.717, 1.165) is 11.1 Å². The second kappa shape index (κ2) is 6.36. The molecule has 0 saturated heterocycles. The van der Waals surface area contributed by atoms with Crippen LogP contribution in [0.5, 0.6) is 5.75 Å². The first-order chi connectivity index (χ1) is 8.85. The van der Waals surface area contributed by atoms with Crippen LogP contribution in [-0.2, 0) is 10.0 Å². The summed E-state index contributed by atoms with van der Waals surface area (Å²) in [4.78, 5) is 0.157. The van der Waals surface area contributed by atoms with Gasteiger partial charge in [-0.05, 0) is 43.5 Å². The number of hydrogen-bond donors (Lipinski definition) is 2. The van der Waals surface area contributed by atoms with Crippen molar-refractivity contribution in [3.8, 4) is 5.75 Å². The number of hydrogen-bond acceptors (Lipinski definition) is 4. The van der Waals surface area contributed by atoms with Gasteiger partial charge in [0.15, 0.2) is 0 Å². The molecular formula is C13H22N2O3S. The van der Waals surface area contributed by atoms with Crippen LogP contribution in [0.25, 0.3) is 0 Å². The molecule has 1 unspecified atom stereocenters. The molecule has 0 bridgehead atoms.